The molecule has 0 unspecified atom stereocenters. The number of phenolic OH excluding ortho intramolecular Hbond substituents is 1. The molecule has 0 amide bonds. The Bertz CT molecular complexity index is 879. The number of halogens is 1. The Morgan fingerprint density at radius 3 is 2.03 bits per heavy atom. The van der Waals surface area contributed by atoms with E-state index in [9.17, 15) is 18.8 Å². The Kier molecular flexibility index (Phi) is 10.1. The molecule has 1 aromatic carbocycles. The molecule has 0 heterocycles. The van der Waals surface area contributed by atoms with E-state index in [1.165, 1.54) is 25.3 Å². The molecular weight excluding hydrogens is 430 g/mol. The maximum Gasteiger partial charge on any atom is 0.188 e. The maximum absolute atomic E-state index is 12.8. The van der Waals surface area contributed by atoms with Crippen LogP contribution >= 0.6 is 11.6 Å². The van der Waals surface area contributed by atoms with Gasteiger partial charge in [0.15, 0.2) is 9.84 Å². The molecule has 0 saturated carbocycles. The van der Waals surface area contributed by atoms with Crippen molar-refractivity contribution in [2.75, 3.05) is 5.75 Å². The second kappa shape index (κ2) is 11.4. The summed E-state index contributed by atoms with van der Waals surface area (Å²) in [6.45, 7) is 11.6. The molecule has 0 spiro atoms. The number of nitriles is 1. The number of alkyl halides is 1. The Hall–Kier alpha value is -1.51. The number of benzene rings is 1. The van der Waals surface area contributed by atoms with E-state index >= 15 is 0 Å². The lowest BCUT2D eigenvalue weighted by Crippen LogP contribution is -2.16. The molecule has 0 radical (unpaired) electrons. The van der Waals surface area contributed by atoms with Crippen molar-refractivity contribution in [2.24, 2.45) is 0 Å². The molecule has 0 fully saturated rings. The minimum Gasteiger partial charge on any atom is -0.507 e. The first-order valence-corrected chi connectivity index (χ1v) is 13.2. The lowest BCUT2D eigenvalue weighted by Gasteiger charge is -2.26. The zero-order valence-electron chi connectivity index (χ0n) is 19.9. The van der Waals surface area contributed by atoms with Gasteiger partial charge in [0.25, 0.3) is 0 Å². The third-order valence-corrected chi connectivity index (χ3v) is 7.25. The van der Waals surface area contributed by atoms with Crippen LogP contribution < -0.4 is 0 Å². The van der Waals surface area contributed by atoms with Gasteiger partial charge >= 0.3 is 0 Å². The topological polar surface area (TPSA) is 78.2 Å². The average Bonchev–Trinajstić information content (AvgIpc) is 2.64. The van der Waals surface area contributed by atoms with Crippen LogP contribution in [-0.4, -0.2) is 19.3 Å². The summed E-state index contributed by atoms with van der Waals surface area (Å²) in [6.07, 6.45) is 8.51. The zero-order chi connectivity index (χ0) is 23.9. The van der Waals surface area contributed by atoms with Crippen LogP contribution in [0, 0.1) is 11.3 Å². The molecule has 1 rings (SSSR count). The summed E-state index contributed by atoms with van der Waals surface area (Å²) in [5.74, 6) is 0.0761. The summed E-state index contributed by atoms with van der Waals surface area (Å²) in [7, 11) is -3.67. The molecule has 0 aliphatic rings. The van der Waals surface area contributed by atoms with Gasteiger partial charge in [-0.25, -0.2) is 8.42 Å². The van der Waals surface area contributed by atoms with Crippen molar-refractivity contribution in [3.8, 4) is 11.8 Å². The first kappa shape index (κ1) is 27.5. The van der Waals surface area contributed by atoms with Crippen molar-refractivity contribution in [3.05, 3.63) is 33.7 Å². The van der Waals surface area contributed by atoms with Gasteiger partial charge in [-0.05, 0) is 49.5 Å². The summed E-state index contributed by atoms with van der Waals surface area (Å²) >= 11 is 6.48. The number of nitrogens with zero attached hydrogens (tertiary/aromatic N) is 1. The predicted molar refractivity (Wildman–Crippen MR) is 131 cm³/mol. The average molecular weight is 468 g/mol. The number of rotatable bonds is 11. The van der Waals surface area contributed by atoms with Crippen LogP contribution in [0.4, 0.5) is 0 Å². The van der Waals surface area contributed by atoms with Crippen LogP contribution in [0.5, 0.6) is 5.75 Å². The van der Waals surface area contributed by atoms with Crippen LogP contribution in [0.2, 0.25) is 0 Å². The van der Waals surface area contributed by atoms with Gasteiger partial charge in [-0.2, -0.15) is 5.26 Å². The first-order chi connectivity index (χ1) is 14.2. The van der Waals surface area contributed by atoms with Crippen LogP contribution in [0.25, 0.3) is 6.08 Å². The lowest BCUT2D eigenvalue weighted by molar-refractivity contribution is 0.434. The van der Waals surface area contributed by atoms with Crippen molar-refractivity contribution in [1.29, 1.82) is 5.26 Å². The zero-order valence-corrected chi connectivity index (χ0v) is 21.5. The molecule has 0 aliphatic heterocycles. The van der Waals surface area contributed by atoms with E-state index in [4.69, 9.17) is 11.6 Å². The Morgan fingerprint density at radius 2 is 1.55 bits per heavy atom. The molecule has 0 atom stereocenters. The van der Waals surface area contributed by atoms with Crippen molar-refractivity contribution >= 4 is 27.5 Å². The van der Waals surface area contributed by atoms with Gasteiger partial charge in [-0.15, -0.1) is 11.6 Å². The highest BCUT2D eigenvalue weighted by Gasteiger charge is 2.28. The normalized spacial score (nSPS) is 13.3. The smallest absolute Gasteiger partial charge is 0.188 e. The third-order valence-electron chi connectivity index (χ3n) is 5.34. The van der Waals surface area contributed by atoms with Gasteiger partial charge in [-0.3, -0.25) is 0 Å². The van der Waals surface area contributed by atoms with Gasteiger partial charge in [0.1, 0.15) is 16.7 Å². The molecular formula is C25H38ClNO3S. The maximum atomic E-state index is 12.8. The molecule has 174 valence electrons. The number of sulfone groups is 1. The fourth-order valence-corrected chi connectivity index (χ4v) is 4.87. The fraction of sp³-hybridized carbons (Fsp3) is 0.640. The summed E-state index contributed by atoms with van der Waals surface area (Å²) in [5, 5.41) is 20.3. The van der Waals surface area contributed by atoms with Crippen LogP contribution in [0.1, 0.15) is 103 Å². The quantitative estimate of drug-likeness (QED) is 0.212. The minimum atomic E-state index is -3.67. The molecule has 31 heavy (non-hydrogen) atoms. The molecule has 0 bridgehead atoms. The standard InChI is InChI=1S/C25H38ClNO3S/c1-7-8-9-10-11-12-13-14-31(29,30)20(18-27)15-19-16-21(24(2,3)4)23(28)22(17-19)25(5,6)26/h15-17,28H,7-14H2,1-6H3/b20-15+. The molecule has 0 saturated heterocycles. The fourth-order valence-electron chi connectivity index (χ4n) is 3.47. The van der Waals surface area contributed by atoms with E-state index in [-0.39, 0.29) is 21.8 Å². The molecule has 1 aromatic rings. The second-order valence-electron chi connectivity index (χ2n) is 9.75. The summed E-state index contributed by atoms with van der Waals surface area (Å²) in [4.78, 5) is -1.10. The highest BCUT2D eigenvalue weighted by atomic mass is 35.5. The summed E-state index contributed by atoms with van der Waals surface area (Å²) < 4.78 is 25.5. The third kappa shape index (κ3) is 8.50. The number of aromatic hydroxyl groups is 1. The van der Waals surface area contributed by atoms with E-state index < -0.39 is 14.7 Å². The second-order valence-corrected chi connectivity index (χ2v) is 12.8. The van der Waals surface area contributed by atoms with Crippen molar-refractivity contribution in [2.45, 2.75) is 96.8 Å². The monoisotopic (exact) mass is 467 g/mol. The molecule has 4 nitrogen and oxygen atoms in total. The van der Waals surface area contributed by atoms with Crippen molar-refractivity contribution in [3.63, 3.8) is 0 Å². The Balaban J connectivity index is 3.17. The molecule has 1 N–H and O–H groups in total. The first-order valence-electron chi connectivity index (χ1n) is 11.2. The Labute approximate surface area is 194 Å². The SMILES string of the molecule is CCCCCCCCCS(=O)(=O)/C(C#N)=C/c1cc(C(C)(C)C)c(O)c(C(C)(C)Cl)c1. The highest BCUT2D eigenvalue weighted by Crippen LogP contribution is 2.42. The minimum absolute atomic E-state index is 0.0295. The van der Waals surface area contributed by atoms with E-state index in [0.29, 0.717) is 23.1 Å². The predicted octanol–water partition coefficient (Wildman–Crippen LogP) is 7.19. The van der Waals surface area contributed by atoms with Gasteiger partial charge in [0.05, 0.1) is 10.6 Å². The van der Waals surface area contributed by atoms with Gasteiger partial charge in [-0.1, -0.05) is 66.2 Å². The van der Waals surface area contributed by atoms with Crippen LogP contribution in [0.15, 0.2) is 17.0 Å². The molecule has 0 aliphatic carbocycles. The Morgan fingerprint density at radius 1 is 1.03 bits per heavy atom. The number of allylic oxidation sites excluding steroid dienone is 1. The molecule has 0 aromatic heterocycles. The number of hydrogen-bond acceptors (Lipinski definition) is 4. The van der Waals surface area contributed by atoms with Crippen LogP contribution in [-0.2, 0) is 20.1 Å². The highest BCUT2D eigenvalue weighted by molar-refractivity contribution is 7.95. The number of phenols is 1. The van der Waals surface area contributed by atoms with E-state index in [0.717, 1.165) is 19.3 Å². The lowest BCUT2D eigenvalue weighted by atomic mass is 9.82. The van der Waals surface area contributed by atoms with Gasteiger partial charge < -0.3 is 5.11 Å². The number of unbranched alkanes of at least 4 members (excludes halogenated alkanes) is 6. The van der Waals surface area contributed by atoms with E-state index in [1.54, 1.807) is 26.0 Å². The summed E-state index contributed by atoms with van der Waals surface area (Å²) in [6, 6.07) is 5.27. The van der Waals surface area contributed by atoms with Crippen molar-refractivity contribution < 1.29 is 13.5 Å². The van der Waals surface area contributed by atoms with Gasteiger partial charge in [0, 0.05) is 11.1 Å². The number of hydrogen-bond donors (Lipinski definition) is 1. The largest absolute Gasteiger partial charge is 0.507 e. The molecule has 6 heteroatoms. The van der Waals surface area contributed by atoms with Crippen molar-refractivity contribution in [1.82, 2.24) is 0 Å². The van der Waals surface area contributed by atoms with Crippen LogP contribution in [0.3, 0.4) is 0 Å². The summed E-state index contributed by atoms with van der Waals surface area (Å²) in [5.41, 5.74) is 1.33. The van der Waals surface area contributed by atoms with Gasteiger partial charge in [0.2, 0.25) is 0 Å². The van der Waals surface area contributed by atoms with E-state index in [2.05, 4.69) is 6.92 Å². The van der Waals surface area contributed by atoms with E-state index in [1.807, 2.05) is 26.8 Å².